The number of nitrogens with zero attached hydrogens (tertiary/aromatic N) is 1. The van der Waals surface area contributed by atoms with Gasteiger partial charge in [-0.2, -0.15) is 0 Å². The van der Waals surface area contributed by atoms with E-state index in [9.17, 15) is 19.0 Å². The molecule has 0 bridgehead atoms. The molecule has 0 saturated heterocycles. The summed E-state index contributed by atoms with van der Waals surface area (Å²) in [5.41, 5.74) is 0. The summed E-state index contributed by atoms with van der Waals surface area (Å²) in [4.78, 5) is 38.0. The molecule has 1 amide bonds. The molecule has 0 radical (unpaired) electrons. The molecule has 10 heteroatoms. The quantitative estimate of drug-likeness (QED) is 0.0205. The first-order valence-corrected chi connectivity index (χ1v) is 38.2. The third kappa shape index (κ3) is 67.1. The summed E-state index contributed by atoms with van der Waals surface area (Å²) in [6.45, 7) is 6.89. The first-order valence-electron chi connectivity index (χ1n) is 36.7. The molecule has 0 saturated carbocycles. The van der Waals surface area contributed by atoms with Gasteiger partial charge >= 0.3 is 13.8 Å². The summed E-state index contributed by atoms with van der Waals surface area (Å²) in [6.07, 6.45) is 92.4. The van der Waals surface area contributed by atoms with Gasteiger partial charge in [0.25, 0.3) is 0 Å². The van der Waals surface area contributed by atoms with Crippen LogP contribution in [0.1, 0.15) is 323 Å². The molecule has 0 aromatic rings. The van der Waals surface area contributed by atoms with Crippen molar-refractivity contribution in [3.8, 4) is 0 Å². The van der Waals surface area contributed by atoms with Gasteiger partial charge in [0.05, 0.1) is 33.8 Å². The van der Waals surface area contributed by atoms with Crippen molar-refractivity contribution in [2.45, 2.75) is 335 Å². The van der Waals surface area contributed by atoms with Gasteiger partial charge in [0, 0.05) is 12.8 Å². The Morgan fingerprint density at radius 2 is 0.727 bits per heavy atom. The maximum Gasteiger partial charge on any atom is 0.472 e. The number of quaternary nitrogens is 1. The first kappa shape index (κ1) is 84.7. The minimum Gasteiger partial charge on any atom is -0.456 e. The van der Waals surface area contributed by atoms with E-state index in [0.717, 1.165) is 103 Å². The highest BCUT2D eigenvalue weighted by atomic mass is 31.2. The van der Waals surface area contributed by atoms with Gasteiger partial charge in [-0.05, 0) is 115 Å². The zero-order chi connectivity index (χ0) is 64.2. The number of rotatable bonds is 66. The average molecular weight is 1250 g/mol. The Hall–Kier alpha value is -3.33. The van der Waals surface area contributed by atoms with Crippen LogP contribution in [0.15, 0.2) is 109 Å². The fraction of sp³-hybridized carbons (Fsp3) is 0.744. The van der Waals surface area contributed by atoms with Crippen LogP contribution in [0.25, 0.3) is 0 Å². The molecule has 0 aliphatic heterocycles. The predicted octanol–water partition coefficient (Wildman–Crippen LogP) is 23.6. The standard InChI is InChI=1S/C78H139N2O7P/c1-7-10-13-16-19-22-25-28-30-32-34-36-38-39-40-41-43-45-47-49-51-53-56-59-62-65-68-71-78(82)87-76(69-66-63-60-57-54-27-24-21-18-15-12-9-3)75(74-86-88(83,84)85-73-72-80(4,5)6)79-77(81)70-67-64-61-58-55-52-50-48-46-44-42-37-35-33-31-29-26-23-20-17-14-11-8-2/h10,13,19-20,22-23,28-31,34-37,39-40,66,69,75-76H,7-9,11-12,14-18,21,24-27,32-33,38,41-65,67-68,70-74H2,1-6H3,(H-,79,81,83,84)/p+1/b13-10-,22-19-,23-20-,30-28-,31-29-,36-34-,37-35-,40-39-,69-66+. The van der Waals surface area contributed by atoms with Crippen molar-refractivity contribution < 1.29 is 37.3 Å². The molecule has 0 aliphatic carbocycles. The van der Waals surface area contributed by atoms with Crippen LogP contribution in [0, 0.1) is 0 Å². The molecule has 0 aliphatic rings. The Kier molecular flexibility index (Phi) is 64.1. The van der Waals surface area contributed by atoms with E-state index in [-0.39, 0.29) is 31.5 Å². The van der Waals surface area contributed by atoms with E-state index in [2.05, 4.69) is 123 Å². The highest BCUT2D eigenvalue weighted by Gasteiger charge is 2.30. The molecule has 3 unspecified atom stereocenters. The van der Waals surface area contributed by atoms with Crippen molar-refractivity contribution in [1.29, 1.82) is 0 Å². The largest absolute Gasteiger partial charge is 0.472 e. The highest BCUT2D eigenvalue weighted by Crippen LogP contribution is 2.43. The van der Waals surface area contributed by atoms with Crippen molar-refractivity contribution >= 4 is 19.7 Å². The Bertz CT molecular complexity index is 1870. The molecule has 0 spiro atoms. The molecule has 0 aromatic heterocycles. The summed E-state index contributed by atoms with van der Waals surface area (Å²) in [5, 5.41) is 3.07. The van der Waals surface area contributed by atoms with Crippen molar-refractivity contribution in [3.63, 3.8) is 0 Å². The average Bonchev–Trinajstić information content (AvgIpc) is 3.61. The molecular weight excluding hydrogens is 1110 g/mol. The third-order valence-electron chi connectivity index (χ3n) is 15.9. The SMILES string of the molecule is CC/C=C\C/C=C\C/C=C\C/C=C\C/C=C\CCCCCCCCCCCCCC(=O)OC(/C=C/CCCCCCCCCCCC)C(COP(=O)(O)OCC[N+](C)(C)C)NC(=O)CCCCCCCCCCCC/C=C\C/C=C\C/C=C\CCCCC. The number of esters is 1. The van der Waals surface area contributed by atoms with Gasteiger partial charge in [-0.15, -0.1) is 0 Å². The van der Waals surface area contributed by atoms with Crippen molar-refractivity contribution in [1.82, 2.24) is 5.32 Å². The lowest BCUT2D eigenvalue weighted by molar-refractivity contribution is -0.870. The maximum atomic E-state index is 13.6. The Balaban J connectivity index is 5.04. The molecule has 0 rings (SSSR count). The summed E-state index contributed by atoms with van der Waals surface area (Å²) in [5.74, 6) is -0.510. The third-order valence-corrected chi connectivity index (χ3v) is 16.9. The van der Waals surface area contributed by atoms with E-state index in [1.165, 1.54) is 186 Å². The number of nitrogens with one attached hydrogen (secondary N) is 1. The smallest absolute Gasteiger partial charge is 0.456 e. The van der Waals surface area contributed by atoms with E-state index in [1.54, 1.807) is 0 Å². The minimum absolute atomic E-state index is 0.0350. The molecule has 0 heterocycles. The topological polar surface area (TPSA) is 111 Å². The molecule has 0 aromatic carbocycles. The number of unbranched alkanes of at least 4 members (excludes halogenated alkanes) is 34. The van der Waals surface area contributed by atoms with Crippen molar-refractivity contribution in [2.24, 2.45) is 0 Å². The van der Waals surface area contributed by atoms with Gasteiger partial charge in [0.15, 0.2) is 0 Å². The van der Waals surface area contributed by atoms with Crippen LogP contribution in [0.5, 0.6) is 0 Å². The second kappa shape index (κ2) is 66.6. The van der Waals surface area contributed by atoms with Crippen molar-refractivity contribution in [3.05, 3.63) is 109 Å². The number of allylic oxidation sites excluding steroid dienone is 17. The fourth-order valence-corrected chi connectivity index (χ4v) is 11.1. The molecule has 508 valence electrons. The van der Waals surface area contributed by atoms with Crippen LogP contribution in [-0.2, 0) is 27.9 Å². The molecule has 3 atom stereocenters. The number of phosphoric ester groups is 1. The van der Waals surface area contributed by atoms with Crippen LogP contribution >= 0.6 is 7.82 Å². The zero-order valence-electron chi connectivity index (χ0n) is 58.2. The van der Waals surface area contributed by atoms with Gasteiger partial charge < -0.3 is 19.4 Å². The highest BCUT2D eigenvalue weighted by molar-refractivity contribution is 7.47. The van der Waals surface area contributed by atoms with Crippen molar-refractivity contribution in [2.75, 3.05) is 40.9 Å². The molecular formula is C78H140N2O7P+. The number of hydrogen-bond acceptors (Lipinski definition) is 6. The number of ether oxygens (including phenoxy) is 1. The monoisotopic (exact) mass is 1250 g/mol. The zero-order valence-corrected chi connectivity index (χ0v) is 59.1. The Morgan fingerprint density at radius 1 is 0.409 bits per heavy atom. The van der Waals surface area contributed by atoms with Gasteiger partial charge in [0.1, 0.15) is 19.3 Å². The fourth-order valence-electron chi connectivity index (χ4n) is 10.3. The summed E-state index contributed by atoms with van der Waals surface area (Å²) >= 11 is 0. The Morgan fingerprint density at radius 3 is 1.11 bits per heavy atom. The van der Waals surface area contributed by atoms with Crippen LogP contribution in [0.4, 0.5) is 0 Å². The number of amides is 1. The number of carbonyl (C=O) groups excluding carboxylic acids is 2. The van der Waals surface area contributed by atoms with Crippen LogP contribution in [-0.4, -0.2) is 74.3 Å². The summed E-state index contributed by atoms with van der Waals surface area (Å²) in [6, 6.07) is -0.859. The van der Waals surface area contributed by atoms with Gasteiger partial charge in [-0.1, -0.05) is 304 Å². The van der Waals surface area contributed by atoms with Gasteiger partial charge in [0.2, 0.25) is 5.91 Å². The number of likely N-dealkylation sites (N-methyl/N-ethyl adjacent to an activating group) is 1. The van der Waals surface area contributed by atoms with E-state index in [1.807, 2.05) is 33.3 Å². The lowest BCUT2D eigenvalue weighted by atomic mass is 10.0. The van der Waals surface area contributed by atoms with Gasteiger partial charge in [-0.3, -0.25) is 18.6 Å². The van der Waals surface area contributed by atoms with E-state index < -0.39 is 20.0 Å². The van der Waals surface area contributed by atoms with E-state index in [0.29, 0.717) is 17.4 Å². The van der Waals surface area contributed by atoms with E-state index >= 15 is 0 Å². The molecule has 9 nitrogen and oxygen atoms in total. The molecule has 88 heavy (non-hydrogen) atoms. The minimum atomic E-state index is -4.46. The second-order valence-corrected chi connectivity index (χ2v) is 27.2. The van der Waals surface area contributed by atoms with Gasteiger partial charge in [-0.25, -0.2) is 4.57 Å². The van der Waals surface area contributed by atoms with Crippen LogP contribution < -0.4 is 5.32 Å². The lowest BCUT2D eigenvalue weighted by Gasteiger charge is -2.27. The predicted molar refractivity (Wildman–Crippen MR) is 383 cm³/mol. The maximum absolute atomic E-state index is 13.6. The molecule has 2 N–H and O–H groups in total. The Labute approximate surface area is 544 Å². The number of hydrogen-bond donors (Lipinski definition) is 2. The molecule has 0 fully saturated rings. The lowest BCUT2D eigenvalue weighted by Crippen LogP contribution is -2.47. The normalized spacial score (nSPS) is 14.1. The number of phosphoric acid groups is 1. The number of carbonyl (C=O) groups is 2. The second-order valence-electron chi connectivity index (χ2n) is 25.7. The summed E-state index contributed by atoms with van der Waals surface area (Å²) < 4.78 is 30.9. The summed E-state index contributed by atoms with van der Waals surface area (Å²) in [7, 11) is 1.49. The first-order chi connectivity index (χ1) is 42.9. The van der Waals surface area contributed by atoms with Crippen LogP contribution in [0.2, 0.25) is 0 Å². The van der Waals surface area contributed by atoms with Crippen LogP contribution in [0.3, 0.4) is 0 Å². The van der Waals surface area contributed by atoms with E-state index in [4.69, 9.17) is 13.8 Å².